The predicted molar refractivity (Wildman–Crippen MR) is 194 cm³/mol. The normalized spacial score (nSPS) is 12.7. The lowest BCUT2D eigenvalue weighted by Crippen LogP contribution is -2.03. The molecule has 1 aromatic heterocycles. The van der Waals surface area contributed by atoms with E-state index < -0.39 is 0 Å². The second-order valence-corrected chi connectivity index (χ2v) is 12.4. The van der Waals surface area contributed by atoms with E-state index in [0.717, 1.165) is 0 Å². The van der Waals surface area contributed by atoms with E-state index in [1.54, 1.807) is 0 Å². The molecular weight excluding hydrogens is 555 g/mol. The lowest BCUT2D eigenvalue weighted by molar-refractivity contribution is 1.04. The van der Waals surface area contributed by atoms with E-state index >= 15 is 0 Å². The van der Waals surface area contributed by atoms with Gasteiger partial charge >= 0.3 is 0 Å². The van der Waals surface area contributed by atoms with Crippen LogP contribution in [-0.4, -0.2) is 4.57 Å². The van der Waals surface area contributed by atoms with Gasteiger partial charge in [0.15, 0.2) is 0 Å². The van der Waals surface area contributed by atoms with Gasteiger partial charge in [-0.2, -0.15) is 0 Å². The van der Waals surface area contributed by atoms with Crippen molar-refractivity contribution in [3.8, 4) is 27.9 Å². The van der Waals surface area contributed by atoms with Gasteiger partial charge in [-0.1, -0.05) is 146 Å². The summed E-state index contributed by atoms with van der Waals surface area (Å²) in [6.07, 6.45) is 0. The largest absolute Gasteiger partial charge is 0.309 e. The van der Waals surface area contributed by atoms with Crippen LogP contribution in [0.15, 0.2) is 170 Å². The molecule has 0 radical (unpaired) electrons. The van der Waals surface area contributed by atoms with Crippen molar-refractivity contribution < 1.29 is 0 Å². The summed E-state index contributed by atoms with van der Waals surface area (Å²) in [4.78, 5) is 0. The summed E-state index contributed by atoms with van der Waals surface area (Å²) >= 11 is 0. The molecule has 1 heteroatoms. The third kappa shape index (κ3) is 3.51. The Morgan fingerprint density at radius 2 is 0.761 bits per heavy atom. The van der Waals surface area contributed by atoms with E-state index in [1.807, 2.05) is 0 Å². The van der Waals surface area contributed by atoms with Crippen molar-refractivity contribution in [3.05, 3.63) is 187 Å². The lowest BCUT2D eigenvalue weighted by atomic mass is 9.80. The zero-order chi connectivity index (χ0) is 30.2. The molecule has 1 nitrogen and oxygen atoms in total. The minimum Gasteiger partial charge on any atom is -0.309 e. The number of fused-ring (bicyclic) bond motifs is 8. The molecule has 0 spiro atoms. The highest BCUT2D eigenvalue weighted by molar-refractivity contribution is 6.16. The molecule has 0 amide bonds. The molecule has 0 bridgehead atoms. The number of hydrogen-bond acceptors (Lipinski definition) is 0. The maximum Gasteiger partial charge on any atom is 0.0541 e. The number of hydrogen-bond donors (Lipinski definition) is 0. The van der Waals surface area contributed by atoms with E-state index in [-0.39, 0.29) is 5.92 Å². The summed E-state index contributed by atoms with van der Waals surface area (Å²) in [6, 6.07) is 62.6. The first-order valence-corrected chi connectivity index (χ1v) is 16.1. The first-order chi connectivity index (χ1) is 22.9. The molecule has 8 aromatic carbocycles. The van der Waals surface area contributed by atoms with Crippen LogP contribution >= 0.6 is 0 Å². The molecule has 0 N–H and O–H groups in total. The van der Waals surface area contributed by atoms with E-state index in [2.05, 4.69) is 174 Å². The SMILES string of the molecule is c1ccc2c(c1)-c1ccccc1C2c1c2ccccc2c(-c2ccc(-n3c4ccccc4c4ccccc43)cc2)c2ccccc12. The van der Waals surface area contributed by atoms with Gasteiger partial charge in [0.2, 0.25) is 0 Å². The Hall–Kier alpha value is -5.92. The molecule has 1 heterocycles. The van der Waals surface area contributed by atoms with Gasteiger partial charge in [-0.25, -0.2) is 0 Å². The van der Waals surface area contributed by atoms with Gasteiger partial charge in [-0.05, 0) is 84.8 Å². The quantitative estimate of drug-likeness (QED) is 0.182. The highest BCUT2D eigenvalue weighted by Crippen LogP contribution is 2.52. The zero-order valence-electron chi connectivity index (χ0n) is 25.2. The van der Waals surface area contributed by atoms with Crippen LogP contribution in [0, 0.1) is 0 Å². The summed E-state index contributed by atoms with van der Waals surface area (Å²) < 4.78 is 2.39. The van der Waals surface area contributed by atoms with Crippen LogP contribution in [0.3, 0.4) is 0 Å². The van der Waals surface area contributed by atoms with Gasteiger partial charge in [0.05, 0.1) is 11.0 Å². The minimum atomic E-state index is 0.175. The lowest BCUT2D eigenvalue weighted by Gasteiger charge is -2.23. The zero-order valence-corrected chi connectivity index (χ0v) is 25.2. The Balaban J connectivity index is 1.22. The molecule has 0 saturated carbocycles. The second-order valence-electron chi connectivity index (χ2n) is 12.4. The molecule has 0 fully saturated rings. The van der Waals surface area contributed by atoms with Gasteiger partial charge in [-0.3, -0.25) is 0 Å². The Morgan fingerprint density at radius 1 is 0.348 bits per heavy atom. The summed E-state index contributed by atoms with van der Waals surface area (Å²) in [5, 5.41) is 7.79. The fourth-order valence-electron chi connectivity index (χ4n) is 8.23. The summed E-state index contributed by atoms with van der Waals surface area (Å²) in [7, 11) is 0. The van der Waals surface area contributed by atoms with E-state index in [1.165, 1.54) is 88.0 Å². The first kappa shape index (κ1) is 25.4. The van der Waals surface area contributed by atoms with Gasteiger partial charge in [0.1, 0.15) is 0 Å². The Morgan fingerprint density at radius 3 is 1.28 bits per heavy atom. The van der Waals surface area contributed by atoms with Crippen molar-refractivity contribution in [2.24, 2.45) is 0 Å². The summed E-state index contributed by atoms with van der Waals surface area (Å²) in [5.41, 5.74) is 13.0. The molecular formula is C45H29N. The molecule has 1 aliphatic carbocycles. The molecule has 46 heavy (non-hydrogen) atoms. The molecule has 10 rings (SSSR count). The monoisotopic (exact) mass is 583 g/mol. The maximum absolute atomic E-state index is 2.39. The van der Waals surface area contributed by atoms with Crippen molar-refractivity contribution >= 4 is 43.4 Å². The van der Waals surface area contributed by atoms with Crippen LogP contribution in [0.1, 0.15) is 22.6 Å². The van der Waals surface area contributed by atoms with Gasteiger partial charge in [-0.15, -0.1) is 0 Å². The van der Waals surface area contributed by atoms with E-state index in [4.69, 9.17) is 0 Å². The van der Waals surface area contributed by atoms with Gasteiger partial charge < -0.3 is 4.57 Å². The summed E-state index contributed by atoms with van der Waals surface area (Å²) in [5.74, 6) is 0.175. The number of aromatic nitrogens is 1. The topological polar surface area (TPSA) is 4.93 Å². The molecule has 0 unspecified atom stereocenters. The van der Waals surface area contributed by atoms with Crippen molar-refractivity contribution in [1.29, 1.82) is 0 Å². The molecule has 1 aliphatic rings. The van der Waals surface area contributed by atoms with Crippen LogP contribution in [0.25, 0.3) is 71.3 Å². The Labute approximate surface area is 267 Å². The number of nitrogens with zero attached hydrogens (tertiary/aromatic N) is 1. The second kappa shape index (κ2) is 9.79. The average molecular weight is 584 g/mol. The minimum absolute atomic E-state index is 0.175. The van der Waals surface area contributed by atoms with Gasteiger partial charge in [0.25, 0.3) is 0 Å². The molecule has 0 saturated heterocycles. The van der Waals surface area contributed by atoms with Crippen molar-refractivity contribution in [1.82, 2.24) is 4.57 Å². The summed E-state index contributed by atoms with van der Waals surface area (Å²) in [6.45, 7) is 0. The Kier molecular flexibility index (Phi) is 5.41. The molecule has 214 valence electrons. The first-order valence-electron chi connectivity index (χ1n) is 16.1. The highest BCUT2D eigenvalue weighted by Gasteiger charge is 2.32. The third-order valence-corrected chi connectivity index (χ3v) is 10.1. The number of para-hydroxylation sites is 2. The average Bonchev–Trinajstić information content (AvgIpc) is 3.64. The van der Waals surface area contributed by atoms with E-state index in [0.29, 0.717) is 0 Å². The third-order valence-electron chi connectivity index (χ3n) is 10.1. The van der Waals surface area contributed by atoms with Crippen LogP contribution in [-0.2, 0) is 0 Å². The van der Waals surface area contributed by atoms with Crippen LogP contribution in [0.5, 0.6) is 0 Å². The molecule has 0 aliphatic heterocycles. The van der Waals surface area contributed by atoms with Crippen molar-refractivity contribution in [3.63, 3.8) is 0 Å². The standard InChI is InChI=1S/C45H29N/c1-3-17-35-31(13-1)32-14-2-4-18-36(32)44(35)45-39-21-7-5-19-37(39)43(38-20-6-8-22-40(38)45)29-25-27-30(28-26-29)46-41-23-11-9-15-33(41)34-16-10-12-24-42(34)46/h1-28,44H. The van der Waals surface area contributed by atoms with Crippen LogP contribution < -0.4 is 0 Å². The molecule has 0 atom stereocenters. The Bertz CT molecular complexity index is 2480. The van der Waals surface area contributed by atoms with E-state index in [9.17, 15) is 0 Å². The van der Waals surface area contributed by atoms with Gasteiger partial charge in [0, 0.05) is 22.4 Å². The highest BCUT2D eigenvalue weighted by atomic mass is 15.0. The van der Waals surface area contributed by atoms with Crippen molar-refractivity contribution in [2.75, 3.05) is 0 Å². The number of benzene rings is 8. The van der Waals surface area contributed by atoms with Crippen molar-refractivity contribution in [2.45, 2.75) is 5.92 Å². The fourth-order valence-corrected chi connectivity index (χ4v) is 8.23. The number of rotatable bonds is 3. The smallest absolute Gasteiger partial charge is 0.0541 e. The van der Waals surface area contributed by atoms with Crippen LogP contribution in [0.4, 0.5) is 0 Å². The van der Waals surface area contributed by atoms with Crippen LogP contribution in [0.2, 0.25) is 0 Å². The predicted octanol–water partition coefficient (Wildman–Crippen LogP) is 11.9. The fraction of sp³-hybridized carbons (Fsp3) is 0.0222. The maximum atomic E-state index is 2.39. The molecule has 9 aromatic rings.